The monoisotopic (exact) mass is 302 g/mol. The molecule has 1 aromatic heterocycles. The second-order valence-corrected chi connectivity index (χ2v) is 6.94. The lowest BCUT2D eigenvalue weighted by atomic mass is 10.2. The summed E-state index contributed by atoms with van der Waals surface area (Å²) >= 11 is 0. The van der Waals surface area contributed by atoms with Gasteiger partial charge in [-0.1, -0.05) is 20.8 Å². The summed E-state index contributed by atoms with van der Waals surface area (Å²) in [6.45, 7) is 8.62. The Hall–Kier alpha value is -1.34. The van der Waals surface area contributed by atoms with Crippen LogP contribution in [0, 0.1) is 5.92 Å². The highest BCUT2D eigenvalue weighted by molar-refractivity contribution is 7.89. The van der Waals surface area contributed by atoms with Gasteiger partial charge in [-0.05, 0) is 18.9 Å². The minimum absolute atomic E-state index is 0.00771. The lowest BCUT2D eigenvalue weighted by Gasteiger charge is -2.21. The Morgan fingerprint density at radius 3 is 2.35 bits per heavy atom. The predicted octanol–water partition coefficient (Wildman–Crippen LogP) is 1.87. The summed E-state index contributed by atoms with van der Waals surface area (Å²) in [6, 6.07) is 1.23. The summed E-state index contributed by atoms with van der Waals surface area (Å²) < 4.78 is 27.8. The fraction of sp³-hybridized carbons (Fsp3) is 0.615. The average molecular weight is 302 g/mol. The van der Waals surface area contributed by atoms with Gasteiger partial charge < -0.3 is 9.67 Å². The zero-order chi connectivity index (χ0) is 15.5. The second-order valence-electron chi connectivity index (χ2n) is 5.00. The Balaban J connectivity index is 3.24. The summed E-state index contributed by atoms with van der Waals surface area (Å²) in [5.41, 5.74) is -0.00771. The van der Waals surface area contributed by atoms with E-state index in [2.05, 4.69) is 0 Å². The van der Waals surface area contributed by atoms with Gasteiger partial charge in [0.05, 0.1) is 0 Å². The summed E-state index contributed by atoms with van der Waals surface area (Å²) in [7, 11) is -3.64. The van der Waals surface area contributed by atoms with Gasteiger partial charge in [0.2, 0.25) is 10.0 Å². The molecule has 0 aromatic carbocycles. The molecule has 1 aromatic rings. The molecule has 0 spiro atoms. The van der Waals surface area contributed by atoms with Crippen LogP contribution < -0.4 is 0 Å². The van der Waals surface area contributed by atoms with Crippen LogP contribution in [0.3, 0.4) is 0 Å². The molecule has 0 aliphatic rings. The van der Waals surface area contributed by atoms with Crippen molar-refractivity contribution in [3.63, 3.8) is 0 Å². The van der Waals surface area contributed by atoms with Crippen LogP contribution in [0.1, 0.15) is 38.2 Å². The van der Waals surface area contributed by atoms with E-state index in [-0.39, 0.29) is 16.5 Å². The topological polar surface area (TPSA) is 79.6 Å². The van der Waals surface area contributed by atoms with Gasteiger partial charge in [-0.2, -0.15) is 4.31 Å². The molecule has 0 saturated heterocycles. The number of hydrogen-bond donors (Lipinski definition) is 1. The molecule has 0 fully saturated rings. The Bertz CT molecular complexity index is 575. The lowest BCUT2D eigenvalue weighted by Crippen LogP contribution is -2.33. The highest BCUT2D eigenvalue weighted by Crippen LogP contribution is 2.20. The van der Waals surface area contributed by atoms with Crippen LogP contribution in [-0.4, -0.2) is 41.5 Å². The van der Waals surface area contributed by atoms with Crippen molar-refractivity contribution in [3.8, 4) is 0 Å². The first-order valence-corrected chi connectivity index (χ1v) is 8.11. The van der Waals surface area contributed by atoms with E-state index in [1.807, 2.05) is 13.8 Å². The van der Waals surface area contributed by atoms with Crippen LogP contribution >= 0.6 is 0 Å². The summed E-state index contributed by atoms with van der Waals surface area (Å²) in [5.74, 6) is -0.919. The molecule has 0 bridgehead atoms. The van der Waals surface area contributed by atoms with Crippen molar-refractivity contribution in [1.29, 1.82) is 0 Å². The second kappa shape index (κ2) is 6.41. The van der Waals surface area contributed by atoms with Crippen LogP contribution in [-0.2, 0) is 16.6 Å². The maximum Gasteiger partial charge on any atom is 0.352 e. The van der Waals surface area contributed by atoms with E-state index in [4.69, 9.17) is 5.11 Å². The van der Waals surface area contributed by atoms with Gasteiger partial charge in [-0.3, -0.25) is 0 Å². The average Bonchev–Trinajstić information content (AvgIpc) is 2.80. The third kappa shape index (κ3) is 3.40. The summed E-state index contributed by atoms with van der Waals surface area (Å²) in [5, 5.41) is 9.09. The molecule has 0 atom stereocenters. The first-order chi connectivity index (χ1) is 9.23. The van der Waals surface area contributed by atoms with Gasteiger partial charge in [0, 0.05) is 25.8 Å². The molecule has 114 valence electrons. The Kier molecular flexibility index (Phi) is 5.35. The molecule has 0 aliphatic carbocycles. The Labute approximate surface area is 120 Å². The molecular formula is C13H22N2O4S. The summed E-state index contributed by atoms with van der Waals surface area (Å²) in [6.07, 6.45) is 1.39. The zero-order valence-electron chi connectivity index (χ0n) is 12.3. The van der Waals surface area contributed by atoms with Crippen molar-refractivity contribution in [1.82, 2.24) is 8.87 Å². The molecule has 0 aliphatic heterocycles. The predicted molar refractivity (Wildman–Crippen MR) is 76.3 cm³/mol. The number of rotatable bonds is 7. The number of sulfonamides is 1. The number of aromatic nitrogens is 1. The number of nitrogens with zero attached hydrogens (tertiary/aromatic N) is 2. The van der Waals surface area contributed by atoms with Crippen molar-refractivity contribution in [2.75, 3.05) is 13.1 Å². The number of carbonyl (C=O) groups is 1. The number of hydrogen-bond acceptors (Lipinski definition) is 3. The van der Waals surface area contributed by atoms with Crippen molar-refractivity contribution < 1.29 is 18.3 Å². The van der Waals surface area contributed by atoms with Gasteiger partial charge >= 0.3 is 5.97 Å². The maximum atomic E-state index is 12.5. The van der Waals surface area contributed by atoms with Gasteiger partial charge in [-0.25, -0.2) is 13.2 Å². The van der Waals surface area contributed by atoms with E-state index >= 15 is 0 Å². The molecule has 7 heteroatoms. The van der Waals surface area contributed by atoms with Crippen LogP contribution in [0.2, 0.25) is 0 Å². The number of carboxylic acid groups (broad SMARTS) is 1. The molecule has 0 amide bonds. The first-order valence-electron chi connectivity index (χ1n) is 6.67. The molecule has 0 unspecified atom stereocenters. The molecule has 1 rings (SSSR count). The van der Waals surface area contributed by atoms with E-state index in [0.29, 0.717) is 19.6 Å². The minimum Gasteiger partial charge on any atom is -0.477 e. The highest BCUT2D eigenvalue weighted by atomic mass is 32.2. The first kappa shape index (κ1) is 16.7. The van der Waals surface area contributed by atoms with Gasteiger partial charge in [-0.15, -0.1) is 0 Å². The van der Waals surface area contributed by atoms with E-state index in [9.17, 15) is 13.2 Å². The van der Waals surface area contributed by atoms with Gasteiger partial charge in [0.15, 0.2) is 0 Å². The third-order valence-corrected chi connectivity index (χ3v) is 4.90. The Morgan fingerprint density at radius 1 is 1.40 bits per heavy atom. The molecule has 6 nitrogen and oxygen atoms in total. The molecule has 1 heterocycles. The van der Waals surface area contributed by atoms with E-state index in [0.717, 1.165) is 0 Å². The molecule has 20 heavy (non-hydrogen) atoms. The van der Waals surface area contributed by atoms with E-state index in [1.54, 1.807) is 13.8 Å². The van der Waals surface area contributed by atoms with E-state index in [1.165, 1.54) is 21.1 Å². The quantitative estimate of drug-likeness (QED) is 0.834. The van der Waals surface area contributed by atoms with Crippen LogP contribution in [0.15, 0.2) is 17.2 Å². The molecule has 1 N–H and O–H groups in total. The Morgan fingerprint density at radius 2 is 2.00 bits per heavy atom. The highest BCUT2D eigenvalue weighted by Gasteiger charge is 2.27. The number of aryl methyl sites for hydroxylation is 1. The fourth-order valence-electron chi connectivity index (χ4n) is 2.02. The maximum absolute atomic E-state index is 12.5. The van der Waals surface area contributed by atoms with Crippen molar-refractivity contribution >= 4 is 16.0 Å². The molecular weight excluding hydrogens is 280 g/mol. The normalized spacial score (nSPS) is 12.3. The van der Waals surface area contributed by atoms with Crippen LogP contribution in [0.5, 0.6) is 0 Å². The van der Waals surface area contributed by atoms with Crippen molar-refractivity contribution in [2.24, 2.45) is 5.92 Å². The van der Waals surface area contributed by atoms with Gasteiger partial charge in [0.1, 0.15) is 10.6 Å². The fourth-order valence-corrected chi connectivity index (χ4v) is 3.67. The van der Waals surface area contributed by atoms with Crippen LogP contribution in [0.4, 0.5) is 0 Å². The summed E-state index contributed by atoms with van der Waals surface area (Å²) in [4.78, 5) is 11.1. The molecule has 0 saturated carbocycles. The third-order valence-electron chi connectivity index (χ3n) is 2.99. The van der Waals surface area contributed by atoms with Crippen molar-refractivity contribution in [2.45, 2.75) is 39.1 Å². The number of aromatic carboxylic acids is 1. The smallest absolute Gasteiger partial charge is 0.352 e. The number of carboxylic acids is 1. The lowest BCUT2D eigenvalue weighted by molar-refractivity contribution is 0.0685. The standard InChI is InChI=1S/C13H22N2O4S/c1-5-14-9-11(7-12(14)13(16)17)20(18,19)15(6-2)8-10(3)4/h7,9-10H,5-6,8H2,1-4H3,(H,16,17). The van der Waals surface area contributed by atoms with E-state index < -0.39 is 16.0 Å². The molecule has 0 radical (unpaired) electrons. The van der Waals surface area contributed by atoms with Crippen LogP contribution in [0.25, 0.3) is 0 Å². The van der Waals surface area contributed by atoms with Crippen molar-refractivity contribution in [3.05, 3.63) is 18.0 Å². The van der Waals surface area contributed by atoms with Gasteiger partial charge in [0.25, 0.3) is 0 Å². The minimum atomic E-state index is -3.64. The zero-order valence-corrected chi connectivity index (χ0v) is 13.1. The largest absolute Gasteiger partial charge is 0.477 e. The SMILES string of the molecule is CCN(CC(C)C)S(=O)(=O)c1cc(C(=O)O)n(CC)c1.